The van der Waals surface area contributed by atoms with Crippen LogP contribution in [0.25, 0.3) is 0 Å². The number of nitrogens with one attached hydrogen (secondary N) is 1. The predicted octanol–water partition coefficient (Wildman–Crippen LogP) is 1.99. The van der Waals surface area contributed by atoms with Crippen molar-refractivity contribution in [3.8, 4) is 0 Å². The standard InChI is InChI=1S/C13H23NO2/c15-12-7-5-11(6-8-12)14-13(16)9-10-3-1-2-4-10/h10-12,15H,1-9H2,(H,14,16). The van der Waals surface area contributed by atoms with Crippen LogP contribution in [-0.2, 0) is 4.79 Å². The molecule has 0 bridgehead atoms. The lowest BCUT2D eigenvalue weighted by atomic mass is 9.92. The zero-order chi connectivity index (χ0) is 11.4. The first-order valence-corrected chi connectivity index (χ1v) is 6.71. The Kier molecular flexibility index (Phi) is 4.22. The van der Waals surface area contributed by atoms with Gasteiger partial charge in [-0.1, -0.05) is 12.8 Å². The van der Waals surface area contributed by atoms with Gasteiger partial charge in [-0.25, -0.2) is 0 Å². The van der Waals surface area contributed by atoms with Gasteiger partial charge >= 0.3 is 0 Å². The number of amides is 1. The van der Waals surface area contributed by atoms with E-state index in [-0.39, 0.29) is 12.0 Å². The number of aliphatic hydroxyl groups excluding tert-OH is 1. The molecular weight excluding hydrogens is 202 g/mol. The van der Waals surface area contributed by atoms with Crippen molar-refractivity contribution in [3.05, 3.63) is 0 Å². The van der Waals surface area contributed by atoms with Gasteiger partial charge in [-0.15, -0.1) is 0 Å². The van der Waals surface area contributed by atoms with Gasteiger partial charge in [0.25, 0.3) is 0 Å². The fraction of sp³-hybridized carbons (Fsp3) is 0.923. The Balaban J connectivity index is 1.66. The highest BCUT2D eigenvalue weighted by molar-refractivity contribution is 5.76. The van der Waals surface area contributed by atoms with Gasteiger partial charge in [0, 0.05) is 12.5 Å². The fourth-order valence-corrected chi connectivity index (χ4v) is 2.98. The lowest BCUT2D eigenvalue weighted by Gasteiger charge is -2.26. The van der Waals surface area contributed by atoms with Gasteiger partial charge in [-0.2, -0.15) is 0 Å². The van der Waals surface area contributed by atoms with E-state index in [1.807, 2.05) is 0 Å². The maximum atomic E-state index is 11.8. The number of carbonyl (C=O) groups excluding carboxylic acids is 1. The molecule has 0 heterocycles. The average molecular weight is 225 g/mol. The molecule has 0 atom stereocenters. The highest BCUT2D eigenvalue weighted by Gasteiger charge is 2.23. The van der Waals surface area contributed by atoms with Crippen LogP contribution in [0, 0.1) is 5.92 Å². The summed E-state index contributed by atoms with van der Waals surface area (Å²) in [6.45, 7) is 0. The third-order valence-corrected chi connectivity index (χ3v) is 4.01. The number of hydrogen-bond donors (Lipinski definition) is 2. The third-order valence-electron chi connectivity index (χ3n) is 4.01. The molecular formula is C13H23NO2. The number of carbonyl (C=O) groups is 1. The highest BCUT2D eigenvalue weighted by Crippen LogP contribution is 2.27. The van der Waals surface area contributed by atoms with Crippen molar-refractivity contribution in [1.82, 2.24) is 5.32 Å². The van der Waals surface area contributed by atoms with Gasteiger partial charge in [0.15, 0.2) is 0 Å². The largest absolute Gasteiger partial charge is 0.393 e. The molecule has 2 N–H and O–H groups in total. The van der Waals surface area contributed by atoms with Crippen LogP contribution in [0.2, 0.25) is 0 Å². The summed E-state index contributed by atoms with van der Waals surface area (Å²) < 4.78 is 0. The van der Waals surface area contributed by atoms with Crippen LogP contribution in [0.4, 0.5) is 0 Å². The Morgan fingerprint density at radius 3 is 2.31 bits per heavy atom. The molecule has 3 nitrogen and oxygen atoms in total. The SMILES string of the molecule is O=C(CC1CCCC1)NC1CCC(O)CC1. The fourth-order valence-electron chi connectivity index (χ4n) is 2.98. The van der Waals surface area contributed by atoms with E-state index in [2.05, 4.69) is 5.32 Å². The molecule has 2 aliphatic carbocycles. The molecule has 0 radical (unpaired) electrons. The van der Waals surface area contributed by atoms with Gasteiger partial charge in [-0.3, -0.25) is 4.79 Å². The molecule has 0 aromatic heterocycles. The molecule has 1 amide bonds. The van der Waals surface area contributed by atoms with Crippen molar-refractivity contribution < 1.29 is 9.90 Å². The van der Waals surface area contributed by atoms with Crippen LogP contribution in [-0.4, -0.2) is 23.2 Å². The average Bonchev–Trinajstić information content (AvgIpc) is 2.74. The quantitative estimate of drug-likeness (QED) is 0.771. The minimum Gasteiger partial charge on any atom is -0.393 e. The lowest BCUT2D eigenvalue weighted by molar-refractivity contribution is -0.123. The van der Waals surface area contributed by atoms with E-state index >= 15 is 0 Å². The van der Waals surface area contributed by atoms with E-state index in [1.54, 1.807) is 0 Å². The number of aliphatic hydroxyl groups is 1. The second kappa shape index (κ2) is 5.67. The van der Waals surface area contributed by atoms with Crippen LogP contribution in [0.3, 0.4) is 0 Å². The maximum absolute atomic E-state index is 11.8. The predicted molar refractivity (Wildman–Crippen MR) is 63.0 cm³/mol. The summed E-state index contributed by atoms with van der Waals surface area (Å²) >= 11 is 0. The van der Waals surface area contributed by atoms with E-state index in [9.17, 15) is 9.90 Å². The Labute approximate surface area is 97.6 Å². The smallest absolute Gasteiger partial charge is 0.220 e. The van der Waals surface area contributed by atoms with Crippen molar-refractivity contribution in [3.63, 3.8) is 0 Å². The summed E-state index contributed by atoms with van der Waals surface area (Å²) in [5.74, 6) is 0.863. The van der Waals surface area contributed by atoms with Crippen molar-refractivity contribution in [2.24, 2.45) is 5.92 Å². The Hall–Kier alpha value is -0.570. The van der Waals surface area contributed by atoms with E-state index in [0.29, 0.717) is 12.0 Å². The van der Waals surface area contributed by atoms with Crippen molar-refractivity contribution in [2.45, 2.75) is 69.9 Å². The minimum absolute atomic E-state index is 0.136. The van der Waals surface area contributed by atoms with Crippen LogP contribution >= 0.6 is 0 Å². The van der Waals surface area contributed by atoms with Gasteiger partial charge in [0.1, 0.15) is 0 Å². The van der Waals surface area contributed by atoms with Gasteiger partial charge in [-0.05, 0) is 44.4 Å². The summed E-state index contributed by atoms with van der Waals surface area (Å²) in [5.41, 5.74) is 0. The number of rotatable bonds is 3. The number of hydrogen-bond acceptors (Lipinski definition) is 2. The molecule has 0 saturated heterocycles. The first kappa shape index (κ1) is 11.9. The van der Waals surface area contributed by atoms with Gasteiger partial charge < -0.3 is 10.4 Å². The molecule has 0 aromatic rings. The summed E-state index contributed by atoms with van der Waals surface area (Å²) in [6.07, 6.45) is 9.22. The zero-order valence-corrected chi connectivity index (χ0v) is 9.95. The monoisotopic (exact) mass is 225 g/mol. The zero-order valence-electron chi connectivity index (χ0n) is 9.95. The van der Waals surface area contributed by atoms with Crippen molar-refractivity contribution >= 4 is 5.91 Å². The van der Waals surface area contributed by atoms with Gasteiger partial charge in [0.2, 0.25) is 5.91 Å². The van der Waals surface area contributed by atoms with E-state index in [0.717, 1.165) is 32.1 Å². The molecule has 3 heteroatoms. The molecule has 2 rings (SSSR count). The summed E-state index contributed by atoms with van der Waals surface area (Å²) in [5, 5.41) is 12.5. The topological polar surface area (TPSA) is 49.3 Å². The van der Waals surface area contributed by atoms with Crippen molar-refractivity contribution in [2.75, 3.05) is 0 Å². The molecule has 0 spiro atoms. The summed E-state index contributed by atoms with van der Waals surface area (Å²) in [4.78, 5) is 11.8. The molecule has 92 valence electrons. The van der Waals surface area contributed by atoms with Crippen LogP contribution in [0.1, 0.15) is 57.8 Å². The van der Waals surface area contributed by atoms with Crippen LogP contribution < -0.4 is 5.32 Å². The maximum Gasteiger partial charge on any atom is 0.220 e. The van der Waals surface area contributed by atoms with Crippen LogP contribution in [0.5, 0.6) is 0 Å². The molecule has 0 unspecified atom stereocenters. The Morgan fingerprint density at radius 1 is 1.06 bits per heavy atom. The summed E-state index contributed by atoms with van der Waals surface area (Å²) in [7, 11) is 0. The van der Waals surface area contributed by atoms with E-state index in [1.165, 1.54) is 25.7 Å². The van der Waals surface area contributed by atoms with E-state index in [4.69, 9.17) is 0 Å². The first-order valence-electron chi connectivity index (χ1n) is 6.71. The van der Waals surface area contributed by atoms with Crippen molar-refractivity contribution in [1.29, 1.82) is 0 Å². The normalized spacial score (nSPS) is 31.6. The first-order chi connectivity index (χ1) is 7.74. The summed E-state index contributed by atoms with van der Waals surface area (Å²) in [6, 6.07) is 0.317. The minimum atomic E-state index is -0.136. The molecule has 2 aliphatic rings. The molecule has 2 fully saturated rings. The molecule has 0 aromatic carbocycles. The second-order valence-corrected chi connectivity index (χ2v) is 5.43. The molecule has 16 heavy (non-hydrogen) atoms. The molecule has 2 saturated carbocycles. The Morgan fingerprint density at radius 2 is 1.69 bits per heavy atom. The molecule has 0 aliphatic heterocycles. The second-order valence-electron chi connectivity index (χ2n) is 5.43. The van der Waals surface area contributed by atoms with Crippen LogP contribution in [0.15, 0.2) is 0 Å². The third kappa shape index (κ3) is 3.48. The highest BCUT2D eigenvalue weighted by atomic mass is 16.3. The Bertz CT molecular complexity index is 228. The van der Waals surface area contributed by atoms with Gasteiger partial charge in [0.05, 0.1) is 6.10 Å². The lowest BCUT2D eigenvalue weighted by Crippen LogP contribution is -2.39. The van der Waals surface area contributed by atoms with E-state index < -0.39 is 0 Å².